The zero-order valence-corrected chi connectivity index (χ0v) is 59.0. The molecule has 0 aliphatic carbocycles. The van der Waals surface area contributed by atoms with Gasteiger partial charge in [0.25, 0.3) is 0 Å². The van der Waals surface area contributed by atoms with Crippen molar-refractivity contribution < 1.29 is 37.6 Å². The summed E-state index contributed by atoms with van der Waals surface area (Å²) < 4.78 is 33.1. The lowest BCUT2D eigenvalue weighted by atomic mass is 10.1. The van der Waals surface area contributed by atoms with Crippen molar-refractivity contribution in [2.24, 2.45) is 5.73 Å². The van der Waals surface area contributed by atoms with Crippen LogP contribution in [0.2, 0.25) is 0 Å². The topological polar surface area (TPSA) is 134 Å². The largest absolute Gasteiger partial charge is 0.472 e. The third kappa shape index (κ3) is 75.0. The molecule has 0 heterocycles. The first-order chi connectivity index (χ1) is 45.8. The number of hydrogen-bond acceptors (Lipinski definition) is 8. The Balaban J connectivity index is 4.06. The van der Waals surface area contributed by atoms with E-state index >= 15 is 0 Å². The van der Waals surface area contributed by atoms with Crippen LogP contribution in [0, 0.1) is 0 Å². The maximum Gasteiger partial charge on any atom is 0.472 e. The van der Waals surface area contributed by atoms with E-state index < -0.39 is 32.5 Å². The molecule has 0 amide bonds. The molecule has 93 heavy (non-hydrogen) atoms. The number of phosphoric acid groups is 1. The van der Waals surface area contributed by atoms with Gasteiger partial charge in [0.2, 0.25) is 0 Å². The third-order valence-corrected chi connectivity index (χ3v) is 15.0. The Morgan fingerprint density at radius 3 is 0.828 bits per heavy atom. The minimum absolute atomic E-state index is 0.0353. The fraction of sp³-hybridized carbons (Fsp3) is 0.518. The van der Waals surface area contributed by atoms with Crippen LogP contribution in [0.5, 0.6) is 0 Å². The highest BCUT2D eigenvalue weighted by atomic mass is 31.2. The van der Waals surface area contributed by atoms with Gasteiger partial charge in [-0.25, -0.2) is 4.57 Å². The summed E-state index contributed by atoms with van der Waals surface area (Å²) in [6.45, 7) is 3.45. The van der Waals surface area contributed by atoms with Crippen molar-refractivity contribution in [1.29, 1.82) is 0 Å². The molecule has 9 nitrogen and oxygen atoms in total. The van der Waals surface area contributed by atoms with Crippen molar-refractivity contribution in [1.82, 2.24) is 0 Å². The highest BCUT2D eigenvalue weighted by Crippen LogP contribution is 2.43. The Kier molecular flexibility index (Phi) is 70.3. The smallest absolute Gasteiger partial charge is 0.462 e. The molecule has 0 radical (unpaired) electrons. The van der Waals surface area contributed by atoms with E-state index in [9.17, 15) is 19.0 Å². The lowest BCUT2D eigenvalue weighted by molar-refractivity contribution is -0.161. The molecule has 10 heteroatoms. The average Bonchev–Trinajstić information content (AvgIpc) is 3.70. The van der Waals surface area contributed by atoms with Gasteiger partial charge < -0.3 is 20.1 Å². The van der Waals surface area contributed by atoms with Gasteiger partial charge in [-0.1, -0.05) is 303 Å². The normalized spacial score (nSPS) is 14.3. The van der Waals surface area contributed by atoms with Gasteiger partial charge in [0.05, 0.1) is 13.2 Å². The number of nitrogens with two attached hydrogens (primary N) is 1. The summed E-state index contributed by atoms with van der Waals surface area (Å²) in [5.41, 5.74) is 5.40. The Hall–Kier alpha value is -5.93. The molecule has 0 aromatic rings. The highest BCUT2D eigenvalue weighted by Gasteiger charge is 2.26. The molecule has 0 aromatic carbocycles. The SMILES string of the molecule is CC/C=C\C/C=C\C/C=C\C/C=C\C/C=C\C/C=C\C/C=C\C/C=C\C/C=C\C/C=C\CCCCCCC(=O)OC(COC(=O)CCCCCCCCCCC/C=C\C/C=C\C/C=C\C/C=C\C/C=C\C/C=C\C/C=C\C/C=C\C/C=C\CC)COP(=O)(O)OCCN. The lowest BCUT2D eigenvalue weighted by Gasteiger charge is -2.19. The maximum atomic E-state index is 12.8. The number of esters is 2. The Bertz CT molecular complexity index is 2380. The molecule has 0 rings (SSSR count). The summed E-state index contributed by atoms with van der Waals surface area (Å²) in [5, 5.41) is 0. The van der Waals surface area contributed by atoms with Gasteiger partial charge in [-0.15, -0.1) is 0 Å². The number of rotatable bonds is 64. The molecule has 2 unspecified atom stereocenters. The van der Waals surface area contributed by atoms with Crippen LogP contribution in [-0.2, 0) is 32.7 Å². The molecule has 0 aliphatic rings. The quantitative estimate of drug-likeness (QED) is 0.0264. The van der Waals surface area contributed by atoms with E-state index in [0.717, 1.165) is 173 Å². The van der Waals surface area contributed by atoms with Crippen molar-refractivity contribution in [3.8, 4) is 0 Å². The van der Waals surface area contributed by atoms with Crippen LogP contribution < -0.4 is 5.73 Å². The molecular weight excluding hydrogens is 1170 g/mol. The Labute approximate surface area is 568 Å². The first kappa shape index (κ1) is 87.1. The molecular formula is C83H128NO8P. The van der Waals surface area contributed by atoms with E-state index in [1.54, 1.807) is 0 Å². The van der Waals surface area contributed by atoms with E-state index in [0.29, 0.717) is 12.8 Å². The van der Waals surface area contributed by atoms with Gasteiger partial charge in [0, 0.05) is 19.4 Å². The minimum atomic E-state index is -4.42. The lowest BCUT2D eigenvalue weighted by Crippen LogP contribution is -2.29. The van der Waals surface area contributed by atoms with E-state index in [1.807, 2.05) is 0 Å². The number of carbonyl (C=O) groups is 2. The Morgan fingerprint density at radius 2 is 0.559 bits per heavy atom. The number of allylic oxidation sites excluding steroid dienone is 38. The first-order valence-electron chi connectivity index (χ1n) is 35.9. The predicted octanol–water partition coefficient (Wildman–Crippen LogP) is 24.2. The van der Waals surface area contributed by atoms with Crippen molar-refractivity contribution in [2.75, 3.05) is 26.4 Å². The number of carbonyl (C=O) groups excluding carboxylic acids is 2. The van der Waals surface area contributed by atoms with Crippen molar-refractivity contribution >= 4 is 19.8 Å². The van der Waals surface area contributed by atoms with E-state index in [1.165, 1.54) is 32.1 Å². The summed E-state index contributed by atoms with van der Waals surface area (Å²) in [5.74, 6) is -0.882. The summed E-state index contributed by atoms with van der Waals surface area (Å²) in [6, 6.07) is 0. The van der Waals surface area contributed by atoms with Gasteiger partial charge in [0.15, 0.2) is 6.10 Å². The second-order valence-electron chi connectivity index (χ2n) is 22.6. The second kappa shape index (κ2) is 75.1. The molecule has 0 bridgehead atoms. The van der Waals surface area contributed by atoms with Crippen molar-refractivity contribution in [2.45, 2.75) is 251 Å². The minimum Gasteiger partial charge on any atom is -0.462 e. The predicted molar refractivity (Wildman–Crippen MR) is 403 cm³/mol. The van der Waals surface area contributed by atoms with Crippen LogP contribution in [-0.4, -0.2) is 49.3 Å². The van der Waals surface area contributed by atoms with Crippen LogP contribution >= 0.6 is 7.82 Å². The summed E-state index contributed by atoms with van der Waals surface area (Å²) >= 11 is 0. The fourth-order valence-corrected chi connectivity index (χ4v) is 9.60. The third-order valence-electron chi connectivity index (χ3n) is 14.0. The molecule has 3 N–H and O–H groups in total. The van der Waals surface area contributed by atoms with Gasteiger partial charge in [-0.05, 0) is 161 Å². The molecule has 0 aliphatic heterocycles. The molecule has 518 valence electrons. The number of phosphoric ester groups is 1. The molecule has 0 aromatic heterocycles. The van der Waals surface area contributed by atoms with Crippen molar-refractivity contribution in [3.05, 3.63) is 231 Å². The zero-order valence-electron chi connectivity index (χ0n) is 58.1. The zero-order chi connectivity index (χ0) is 67.2. The monoisotopic (exact) mass is 1300 g/mol. The second-order valence-corrected chi connectivity index (χ2v) is 24.1. The van der Waals surface area contributed by atoms with Gasteiger partial charge >= 0.3 is 19.8 Å². The fourth-order valence-electron chi connectivity index (χ4n) is 8.83. The van der Waals surface area contributed by atoms with Crippen molar-refractivity contribution in [3.63, 3.8) is 0 Å². The summed E-state index contributed by atoms with van der Waals surface area (Å²) in [4.78, 5) is 35.4. The highest BCUT2D eigenvalue weighted by molar-refractivity contribution is 7.47. The van der Waals surface area contributed by atoms with Gasteiger partial charge in [-0.3, -0.25) is 18.6 Å². The number of ether oxygens (including phenoxy) is 2. The van der Waals surface area contributed by atoms with Crippen LogP contribution in [0.25, 0.3) is 0 Å². The van der Waals surface area contributed by atoms with Crippen LogP contribution in [0.4, 0.5) is 0 Å². The number of hydrogen-bond donors (Lipinski definition) is 2. The van der Waals surface area contributed by atoms with E-state index in [2.05, 4.69) is 245 Å². The summed E-state index contributed by atoms with van der Waals surface area (Å²) in [6.07, 6.45) is 118. The summed E-state index contributed by atoms with van der Waals surface area (Å²) in [7, 11) is -4.42. The molecule has 0 saturated heterocycles. The molecule has 0 saturated carbocycles. The van der Waals surface area contributed by atoms with Crippen LogP contribution in [0.3, 0.4) is 0 Å². The van der Waals surface area contributed by atoms with Gasteiger partial charge in [0.1, 0.15) is 6.61 Å². The first-order valence-corrected chi connectivity index (χ1v) is 37.4. The molecule has 0 fully saturated rings. The van der Waals surface area contributed by atoms with Crippen LogP contribution in [0.1, 0.15) is 245 Å². The molecule has 0 spiro atoms. The number of unbranched alkanes of at least 4 members (excludes halogenated alkanes) is 13. The van der Waals surface area contributed by atoms with Gasteiger partial charge in [-0.2, -0.15) is 0 Å². The van der Waals surface area contributed by atoms with E-state index in [-0.39, 0.29) is 32.6 Å². The van der Waals surface area contributed by atoms with Crippen LogP contribution in [0.15, 0.2) is 231 Å². The standard InChI is InChI=1S/C83H128NO8P/c1-3-5-7-9-11-13-15-17-19-21-23-25-27-29-31-33-35-37-39-40-42-43-45-47-49-51-53-55-57-59-61-63-65-67-69-71-73-75-82(85)89-79-81(80-91-93(87,88)90-78-77-84)92-83(86)76-74-72-70-68-66-64-62-60-58-56-54-52-50-48-46-44-41-38-36-34-32-30-28-26-24-22-20-18-16-14-12-10-8-6-4-2/h5-8,11-14,17-20,23-26,29-32,35-38,40,42,44-47,50-53,56,58,62,64,81H,3-4,9-10,15-16,21-22,27-28,33-34,39,41,43,48-49,54-55,57,59-61,63,65-80,84H2,1-2H3,(H,87,88)/b7-5-,8-6-,13-11-,14-12-,19-17-,20-18-,25-23-,26-24-,31-29-,32-30-,37-35-,38-36-,42-40-,46-44-,47-45-,52-50-,53-51-,58-56-,64-62-. The maximum absolute atomic E-state index is 12.8. The molecule has 2 atom stereocenters. The van der Waals surface area contributed by atoms with E-state index in [4.69, 9.17) is 24.3 Å². The Morgan fingerprint density at radius 1 is 0.323 bits per heavy atom. The average molecular weight is 1300 g/mol.